The van der Waals surface area contributed by atoms with Gasteiger partial charge in [0.2, 0.25) is 5.95 Å². The fraction of sp³-hybridized carbons (Fsp3) is 0.167. The quantitative estimate of drug-likeness (QED) is 0.666. The molecule has 2 rings (SSSR count). The van der Waals surface area contributed by atoms with Crippen LogP contribution in [-0.2, 0) is 0 Å². The Hall–Kier alpha value is -2.29. The summed E-state index contributed by atoms with van der Waals surface area (Å²) < 4.78 is 19.5. The number of benzene rings is 1. The van der Waals surface area contributed by atoms with Crippen molar-refractivity contribution in [3.05, 3.63) is 44.3 Å². The minimum atomic E-state index is -0.667. The smallest absolute Gasteiger partial charge is 0.352 e. The van der Waals surface area contributed by atoms with Crippen LogP contribution in [0.2, 0.25) is 0 Å². The van der Waals surface area contributed by atoms with Crippen LogP contribution in [-0.4, -0.2) is 21.9 Å². The van der Waals surface area contributed by atoms with Crippen molar-refractivity contribution < 1.29 is 14.1 Å². The Morgan fingerprint density at radius 1 is 1.43 bits per heavy atom. The molecule has 0 atom stereocenters. The highest BCUT2D eigenvalue weighted by molar-refractivity contribution is 9.10. The van der Waals surface area contributed by atoms with E-state index in [-0.39, 0.29) is 23.3 Å². The van der Waals surface area contributed by atoms with E-state index in [1.807, 2.05) is 0 Å². The first-order valence-corrected chi connectivity index (χ1v) is 6.55. The SMILES string of the molecule is CNc1nc(C)c([N+](=O)[O-])c(Oc2cc(Br)ccc2F)n1. The van der Waals surface area contributed by atoms with E-state index < -0.39 is 16.4 Å². The zero-order chi connectivity index (χ0) is 15.6. The molecular weight excluding hydrogens is 347 g/mol. The van der Waals surface area contributed by atoms with Crippen LogP contribution in [0.25, 0.3) is 0 Å². The van der Waals surface area contributed by atoms with Crippen molar-refractivity contribution in [3.63, 3.8) is 0 Å². The topological polar surface area (TPSA) is 90.2 Å². The molecule has 0 fully saturated rings. The third-order valence-corrected chi connectivity index (χ3v) is 3.03. The highest BCUT2D eigenvalue weighted by Gasteiger charge is 2.25. The summed E-state index contributed by atoms with van der Waals surface area (Å²) in [6.45, 7) is 1.45. The first-order chi connectivity index (χ1) is 9.92. The lowest BCUT2D eigenvalue weighted by Crippen LogP contribution is -2.05. The molecule has 0 amide bonds. The van der Waals surface area contributed by atoms with Crippen LogP contribution in [0.3, 0.4) is 0 Å². The van der Waals surface area contributed by atoms with E-state index in [4.69, 9.17) is 4.74 Å². The second-order valence-corrected chi connectivity index (χ2v) is 4.89. The van der Waals surface area contributed by atoms with Gasteiger partial charge in [0.1, 0.15) is 5.69 Å². The molecule has 0 aliphatic rings. The van der Waals surface area contributed by atoms with Crippen LogP contribution in [0, 0.1) is 22.9 Å². The lowest BCUT2D eigenvalue weighted by molar-refractivity contribution is -0.386. The van der Waals surface area contributed by atoms with Gasteiger partial charge in [-0.1, -0.05) is 15.9 Å². The predicted octanol–water partition coefficient (Wildman–Crippen LogP) is 3.43. The maximum absolute atomic E-state index is 13.7. The molecule has 0 aliphatic heterocycles. The molecule has 21 heavy (non-hydrogen) atoms. The van der Waals surface area contributed by atoms with Crippen molar-refractivity contribution in [2.75, 3.05) is 12.4 Å². The number of rotatable bonds is 4. The number of ether oxygens (including phenoxy) is 1. The number of hydrogen-bond acceptors (Lipinski definition) is 6. The first kappa shape index (κ1) is 15.1. The second kappa shape index (κ2) is 6.00. The van der Waals surface area contributed by atoms with E-state index in [1.54, 1.807) is 7.05 Å². The van der Waals surface area contributed by atoms with Crippen molar-refractivity contribution in [2.45, 2.75) is 6.92 Å². The largest absolute Gasteiger partial charge is 0.430 e. The Bertz CT molecular complexity index is 711. The third-order valence-electron chi connectivity index (χ3n) is 2.53. The number of nitrogens with zero attached hydrogens (tertiary/aromatic N) is 3. The molecule has 110 valence electrons. The summed E-state index contributed by atoms with van der Waals surface area (Å²) in [4.78, 5) is 18.2. The number of aryl methyl sites for hydroxylation is 1. The van der Waals surface area contributed by atoms with E-state index in [1.165, 1.54) is 25.1 Å². The Morgan fingerprint density at radius 2 is 2.14 bits per heavy atom. The van der Waals surface area contributed by atoms with E-state index in [2.05, 4.69) is 31.2 Å². The average molecular weight is 357 g/mol. The number of nitrogens with one attached hydrogen (secondary N) is 1. The highest BCUT2D eigenvalue weighted by atomic mass is 79.9. The fourth-order valence-corrected chi connectivity index (χ4v) is 1.93. The molecule has 9 heteroatoms. The van der Waals surface area contributed by atoms with E-state index in [0.29, 0.717) is 4.47 Å². The van der Waals surface area contributed by atoms with Crippen molar-refractivity contribution in [2.24, 2.45) is 0 Å². The van der Waals surface area contributed by atoms with Gasteiger partial charge >= 0.3 is 11.6 Å². The Morgan fingerprint density at radius 3 is 2.76 bits per heavy atom. The van der Waals surface area contributed by atoms with Crippen molar-refractivity contribution in [1.29, 1.82) is 0 Å². The maximum atomic E-state index is 13.7. The number of halogens is 2. The van der Waals surface area contributed by atoms with Crippen LogP contribution < -0.4 is 10.1 Å². The number of aromatic nitrogens is 2. The Kier molecular flexibility index (Phi) is 4.32. The van der Waals surface area contributed by atoms with Gasteiger partial charge in [0.25, 0.3) is 0 Å². The molecular formula is C12H10BrFN4O3. The molecule has 1 aromatic carbocycles. The summed E-state index contributed by atoms with van der Waals surface area (Å²) in [5.74, 6) is -1.01. The third kappa shape index (κ3) is 3.24. The monoisotopic (exact) mass is 356 g/mol. The minimum Gasteiger partial charge on any atom is -0.430 e. The Labute approximate surface area is 127 Å². The molecule has 0 saturated heterocycles. The standard InChI is InChI=1S/C12H10BrFN4O3/c1-6-10(18(19)20)11(17-12(15-2)16-6)21-9-5-7(13)3-4-8(9)14/h3-5H,1-2H3,(H,15,16,17). The van der Waals surface area contributed by atoms with E-state index in [0.717, 1.165) is 0 Å². The zero-order valence-electron chi connectivity index (χ0n) is 11.1. The first-order valence-electron chi connectivity index (χ1n) is 5.76. The fourth-order valence-electron chi connectivity index (χ4n) is 1.59. The Balaban J connectivity index is 2.54. The molecule has 0 bridgehead atoms. The maximum Gasteiger partial charge on any atom is 0.352 e. The van der Waals surface area contributed by atoms with Crippen molar-refractivity contribution in [1.82, 2.24) is 9.97 Å². The predicted molar refractivity (Wildman–Crippen MR) is 77.1 cm³/mol. The molecule has 2 aromatic rings. The summed E-state index contributed by atoms with van der Waals surface area (Å²) in [5.41, 5.74) is -0.293. The van der Waals surface area contributed by atoms with Gasteiger partial charge in [0.05, 0.1) is 4.92 Å². The number of anilines is 1. The van der Waals surface area contributed by atoms with Crippen LogP contribution >= 0.6 is 15.9 Å². The van der Waals surface area contributed by atoms with Crippen molar-refractivity contribution >= 4 is 27.6 Å². The lowest BCUT2D eigenvalue weighted by Gasteiger charge is -2.09. The summed E-state index contributed by atoms with van der Waals surface area (Å²) in [6, 6.07) is 4.02. The number of nitro groups is 1. The highest BCUT2D eigenvalue weighted by Crippen LogP contribution is 2.34. The molecule has 0 aliphatic carbocycles. The molecule has 7 nitrogen and oxygen atoms in total. The summed E-state index contributed by atoms with van der Waals surface area (Å²) in [6.07, 6.45) is 0. The molecule has 0 radical (unpaired) electrons. The van der Waals surface area contributed by atoms with Gasteiger partial charge in [0.15, 0.2) is 11.6 Å². The molecule has 0 saturated carbocycles. The van der Waals surface area contributed by atoms with Crippen molar-refractivity contribution in [3.8, 4) is 11.6 Å². The van der Waals surface area contributed by atoms with E-state index >= 15 is 0 Å². The molecule has 1 N–H and O–H groups in total. The molecule has 1 heterocycles. The van der Waals surface area contributed by atoms with Gasteiger partial charge in [0, 0.05) is 11.5 Å². The van der Waals surface area contributed by atoms with Crippen LogP contribution in [0.4, 0.5) is 16.0 Å². The van der Waals surface area contributed by atoms with Gasteiger partial charge in [-0.3, -0.25) is 10.1 Å². The average Bonchev–Trinajstić information content (AvgIpc) is 2.41. The van der Waals surface area contributed by atoms with Gasteiger partial charge < -0.3 is 10.1 Å². The van der Waals surface area contributed by atoms with Crippen LogP contribution in [0.1, 0.15) is 5.69 Å². The lowest BCUT2D eigenvalue weighted by atomic mass is 10.3. The van der Waals surface area contributed by atoms with Crippen LogP contribution in [0.5, 0.6) is 11.6 Å². The molecule has 1 aromatic heterocycles. The van der Waals surface area contributed by atoms with Gasteiger partial charge in [-0.15, -0.1) is 0 Å². The minimum absolute atomic E-state index is 0.116. The van der Waals surface area contributed by atoms with Gasteiger partial charge in [-0.2, -0.15) is 4.98 Å². The summed E-state index contributed by atoms with van der Waals surface area (Å²) in [5, 5.41) is 13.8. The summed E-state index contributed by atoms with van der Waals surface area (Å²) >= 11 is 3.17. The molecule has 0 unspecified atom stereocenters. The molecule has 0 spiro atoms. The van der Waals surface area contributed by atoms with Gasteiger partial charge in [-0.25, -0.2) is 9.37 Å². The number of hydrogen-bond donors (Lipinski definition) is 1. The van der Waals surface area contributed by atoms with Gasteiger partial charge in [-0.05, 0) is 25.1 Å². The second-order valence-electron chi connectivity index (χ2n) is 3.97. The van der Waals surface area contributed by atoms with Crippen LogP contribution in [0.15, 0.2) is 22.7 Å². The summed E-state index contributed by atoms with van der Waals surface area (Å²) in [7, 11) is 1.56. The normalized spacial score (nSPS) is 10.3. The van der Waals surface area contributed by atoms with E-state index in [9.17, 15) is 14.5 Å². The zero-order valence-corrected chi connectivity index (χ0v) is 12.6.